The van der Waals surface area contributed by atoms with Crippen LogP contribution in [0.3, 0.4) is 0 Å². The molecule has 130 valence electrons. The summed E-state index contributed by atoms with van der Waals surface area (Å²) >= 11 is 0. The molecule has 1 unspecified atom stereocenters. The highest BCUT2D eigenvalue weighted by atomic mass is 32.2. The van der Waals surface area contributed by atoms with Crippen molar-refractivity contribution >= 4 is 10.0 Å². The van der Waals surface area contributed by atoms with Gasteiger partial charge in [0.25, 0.3) is 0 Å². The average molecular weight is 345 g/mol. The Hall–Kier alpha value is -1.18. The van der Waals surface area contributed by atoms with Crippen molar-refractivity contribution in [3.63, 3.8) is 0 Å². The maximum absolute atomic E-state index is 13.8. The molecule has 0 heterocycles. The molecule has 1 aromatic rings. The highest BCUT2D eigenvalue weighted by molar-refractivity contribution is 7.89. The molecule has 7 heteroatoms. The van der Waals surface area contributed by atoms with Crippen LogP contribution in [0.4, 0.5) is 4.39 Å². The quantitative estimate of drug-likeness (QED) is 0.796. The molecule has 1 aliphatic rings. The van der Waals surface area contributed by atoms with Crippen LogP contribution >= 0.6 is 0 Å². The van der Waals surface area contributed by atoms with Gasteiger partial charge < -0.3 is 9.84 Å². The van der Waals surface area contributed by atoms with Crippen LogP contribution in [-0.2, 0) is 10.0 Å². The second-order valence-corrected chi connectivity index (χ2v) is 7.61. The molecule has 5 nitrogen and oxygen atoms in total. The minimum atomic E-state index is -3.85. The molecule has 1 fully saturated rings. The van der Waals surface area contributed by atoms with Gasteiger partial charge in [0.1, 0.15) is 0 Å². The average Bonchev–Trinajstić information content (AvgIpc) is 2.55. The van der Waals surface area contributed by atoms with Gasteiger partial charge in [-0.25, -0.2) is 17.5 Å². The van der Waals surface area contributed by atoms with Gasteiger partial charge in [-0.15, -0.1) is 0 Å². The Bertz CT molecular complexity index is 615. The summed E-state index contributed by atoms with van der Waals surface area (Å²) in [4.78, 5) is -0.172. The van der Waals surface area contributed by atoms with E-state index in [0.29, 0.717) is 6.61 Å². The normalized spacial score (nSPS) is 17.9. The molecule has 2 rings (SSSR count). The monoisotopic (exact) mass is 345 g/mol. The molecule has 0 aliphatic heterocycles. The van der Waals surface area contributed by atoms with Gasteiger partial charge in [-0.3, -0.25) is 0 Å². The second kappa shape index (κ2) is 8.08. The van der Waals surface area contributed by atoms with Gasteiger partial charge >= 0.3 is 0 Å². The topological polar surface area (TPSA) is 75.6 Å². The molecule has 1 saturated carbocycles. The Morgan fingerprint density at radius 3 is 2.65 bits per heavy atom. The SMILES string of the molecule is CCOc1ccc(S(=O)(=O)NCC(O)C2CCCCC2)cc1F. The maximum atomic E-state index is 13.8. The Morgan fingerprint density at radius 1 is 1.35 bits per heavy atom. The molecular weight excluding hydrogens is 321 g/mol. The number of hydrogen-bond acceptors (Lipinski definition) is 4. The summed E-state index contributed by atoms with van der Waals surface area (Å²) in [7, 11) is -3.85. The van der Waals surface area contributed by atoms with Gasteiger partial charge in [0, 0.05) is 6.54 Å². The predicted octanol–water partition coefficient (Wildman–Crippen LogP) is 2.44. The van der Waals surface area contributed by atoms with Gasteiger partial charge in [0.05, 0.1) is 17.6 Å². The first-order valence-electron chi connectivity index (χ1n) is 8.04. The third-order valence-electron chi connectivity index (χ3n) is 4.19. The summed E-state index contributed by atoms with van der Waals surface area (Å²) in [6, 6.07) is 3.52. The van der Waals surface area contributed by atoms with Gasteiger partial charge in [-0.05, 0) is 43.9 Å². The Balaban J connectivity index is 1.99. The minimum Gasteiger partial charge on any atom is -0.491 e. The van der Waals surface area contributed by atoms with Crippen molar-refractivity contribution in [2.75, 3.05) is 13.2 Å². The van der Waals surface area contributed by atoms with Crippen molar-refractivity contribution < 1.29 is 22.7 Å². The number of aliphatic hydroxyl groups excluding tert-OH is 1. The van der Waals surface area contributed by atoms with E-state index in [-0.39, 0.29) is 23.1 Å². The lowest BCUT2D eigenvalue weighted by molar-refractivity contribution is 0.0888. The molecule has 0 aromatic heterocycles. The molecule has 23 heavy (non-hydrogen) atoms. The maximum Gasteiger partial charge on any atom is 0.240 e. The van der Waals surface area contributed by atoms with Crippen molar-refractivity contribution in [3.05, 3.63) is 24.0 Å². The van der Waals surface area contributed by atoms with Crippen LogP contribution in [0.25, 0.3) is 0 Å². The number of nitrogens with one attached hydrogen (secondary N) is 1. The summed E-state index contributed by atoms with van der Waals surface area (Å²) in [5.41, 5.74) is 0. The number of benzene rings is 1. The smallest absolute Gasteiger partial charge is 0.240 e. The lowest BCUT2D eigenvalue weighted by atomic mass is 9.85. The van der Waals surface area contributed by atoms with E-state index in [1.807, 2.05) is 0 Å². The lowest BCUT2D eigenvalue weighted by Crippen LogP contribution is -2.37. The number of sulfonamides is 1. The van der Waals surface area contributed by atoms with Crippen molar-refractivity contribution in [2.45, 2.75) is 50.0 Å². The molecule has 1 atom stereocenters. The largest absolute Gasteiger partial charge is 0.491 e. The van der Waals surface area contributed by atoms with Crippen LogP contribution < -0.4 is 9.46 Å². The third kappa shape index (κ3) is 4.89. The first kappa shape index (κ1) is 18.2. The zero-order valence-corrected chi connectivity index (χ0v) is 14.1. The van der Waals surface area contributed by atoms with Gasteiger partial charge in [0.2, 0.25) is 10.0 Å². The fourth-order valence-corrected chi connectivity index (χ4v) is 3.95. The van der Waals surface area contributed by atoms with Gasteiger partial charge in [-0.1, -0.05) is 19.3 Å². The van der Waals surface area contributed by atoms with E-state index in [4.69, 9.17) is 4.74 Å². The highest BCUT2D eigenvalue weighted by Crippen LogP contribution is 2.26. The van der Waals surface area contributed by atoms with Crippen molar-refractivity contribution in [2.24, 2.45) is 5.92 Å². The van der Waals surface area contributed by atoms with Crippen LogP contribution in [0, 0.1) is 11.7 Å². The van der Waals surface area contributed by atoms with Crippen LogP contribution in [0.2, 0.25) is 0 Å². The molecule has 0 spiro atoms. The van der Waals surface area contributed by atoms with E-state index < -0.39 is 21.9 Å². The first-order valence-corrected chi connectivity index (χ1v) is 9.52. The summed E-state index contributed by atoms with van der Waals surface area (Å²) in [6.07, 6.45) is 4.43. The molecule has 2 N–H and O–H groups in total. The number of rotatable bonds is 7. The van der Waals surface area contributed by atoms with E-state index in [2.05, 4.69) is 4.72 Å². The van der Waals surface area contributed by atoms with E-state index in [1.54, 1.807) is 6.92 Å². The minimum absolute atomic E-state index is 0.0219. The lowest BCUT2D eigenvalue weighted by Gasteiger charge is -2.26. The first-order chi connectivity index (χ1) is 10.9. The van der Waals surface area contributed by atoms with Crippen LogP contribution in [0.1, 0.15) is 39.0 Å². The summed E-state index contributed by atoms with van der Waals surface area (Å²) < 4.78 is 45.6. The molecule has 0 saturated heterocycles. The number of hydrogen-bond donors (Lipinski definition) is 2. The van der Waals surface area contributed by atoms with Gasteiger partial charge in [0.15, 0.2) is 11.6 Å². The molecular formula is C16H24FNO4S. The fraction of sp³-hybridized carbons (Fsp3) is 0.625. The molecule has 0 radical (unpaired) electrons. The summed E-state index contributed by atoms with van der Waals surface area (Å²) in [5.74, 6) is -0.570. The fourth-order valence-electron chi connectivity index (χ4n) is 2.89. The van der Waals surface area contributed by atoms with Crippen LogP contribution in [-0.4, -0.2) is 32.8 Å². The zero-order valence-electron chi connectivity index (χ0n) is 13.3. The zero-order chi connectivity index (χ0) is 16.9. The van der Waals surface area contributed by atoms with Crippen molar-refractivity contribution in [1.82, 2.24) is 4.72 Å². The summed E-state index contributed by atoms with van der Waals surface area (Å²) in [5, 5.41) is 10.1. The van der Waals surface area contributed by atoms with E-state index in [0.717, 1.165) is 31.7 Å². The highest BCUT2D eigenvalue weighted by Gasteiger charge is 2.24. The van der Waals surface area contributed by atoms with Crippen molar-refractivity contribution in [3.8, 4) is 5.75 Å². The number of halogens is 1. The Morgan fingerprint density at radius 2 is 2.04 bits per heavy atom. The predicted molar refractivity (Wildman–Crippen MR) is 85.3 cm³/mol. The van der Waals surface area contributed by atoms with Crippen molar-refractivity contribution in [1.29, 1.82) is 0 Å². The molecule has 1 aromatic carbocycles. The second-order valence-electron chi connectivity index (χ2n) is 5.84. The molecule has 0 amide bonds. The van der Waals surface area contributed by atoms with Gasteiger partial charge in [-0.2, -0.15) is 0 Å². The third-order valence-corrected chi connectivity index (χ3v) is 5.61. The van der Waals surface area contributed by atoms with E-state index in [1.165, 1.54) is 18.6 Å². The van der Waals surface area contributed by atoms with E-state index >= 15 is 0 Å². The number of aliphatic hydroxyl groups is 1. The Labute approximate surface area is 136 Å². The van der Waals surface area contributed by atoms with Crippen LogP contribution in [0.5, 0.6) is 5.75 Å². The number of ether oxygens (including phenoxy) is 1. The standard InChI is InChI=1S/C16H24FNO4S/c1-2-22-16-9-8-13(10-14(16)17)23(20,21)18-11-15(19)12-6-4-3-5-7-12/h8-10,12,15,18-19H,2-7,11H2,1H3. The Kier molecular flexibility index (Phi) is 6.38. The summed E-state index contributed by atoms with van der Waals surface area (Å²) in [6.45, 7) is 1.97. The van der Waals surface area contributed by atoms with Crippen LogP contribution in [0.15, 0.2) is 23.1 Å². The molecule has 0 bridgehead atoms. The molecule has 1 aliphatic carbocycles. The van der Waals surface area contributed by atoms with E-state index in [9.17, 15) is 17.9 Å².